The first-order valence-corrected chi connectivity index (χ1v) is 10.2. The average Bonchev–Trinajstić information content (AvgIpc) is 3.48. The van der Waals surface area contributed by atoms with Crippen molar-refractivity contribution in [2.24, 2.45) is 23.7 Å². The van der Waals surface area contributed by atoms with Gasteiger partial charge < -0.3 is 0 Å². The van der Waals surface area contributed by atoms with Gasteiger partial charge >= 0.3 is 0 Å². The van der Waals surface area contributed by atoms with Gasteiger partial charge in [0.2, 0.25) is 0 Å². The van der Waals surface area contributed by atoms with Gasteiger partial charge in [-0.3, -0.25) is 0 Å². The highest BCUT2D eigenvalue weighted by atomic mass is 14.5. The molecule has 25 heavy (non-hydrogen) atoms. The molecule has 0 aromatic rings. The number of hydrogen-bond acceptors (Lipinski definition) is 0. The predicted molar refractivity (Wildman–Crippen MR) is 106 cm³/mol. The van der Waals surface area contributed by atoms with Crippen molar-refractivity contribution >= 4 is 0 Å². The lowest BCUT2D eigenvalue weighted by Gasteiger charge is -2.29. The van der Waals surface area contributed by atoms with Crippen molar-refractivity contribution in [3.63, 3.8) is 0 Å². The summed E-state index contributed by atoms with van der Waals surface area (Å²) in [6, 6.07) is 0. The minimum absolute atomic E-state index is 0.681. The molecule has 0 bridgehead atoms. The molecule has 0 heteroatoms. The average molecular weight is 328 g/mol. The monoisotopic (exact) mass is 328 g/mol. The van der Waals surface area contributed by atoms with Crippen molar-refractivity contribution in [3.8, 4) is 0 Å². The van der Waals surface area contributed by atoms with Crippen molar-refractivity contribution in [1.82, 2.24) is 0 Å². The molecule has 128 valence electrons. The van der Waals surface area contributed by atoms with Crippen LogP contribution < -0.4 is 0 Å². The minimum Gasteiger partial charge on any atom is -0.0836 e. The molecule has 0 N–H and O–H groups in total. The van der Waals surface area contributed by atoms with Crippen LogP contribution in [0.2, 0.25) is 0 Å². The van der Waals surface area contributed by atoms with Crippen LogP contribution in [0.4, 0.5) is 0 Å². The fourth-order valence-electron chi connectivity index (χ4n) is 5.12. The molecule has 0 saturated heterocycles. The Morgan fingerprint density at radius 1 is 0.640 bits per heavy atom. The van der Waals surface area contributed by atoms with Crippen molar-refractivity contribution in [2.45, 2.75) is 44.9 Å². The van der Waals surface area contributed by atoms with Crippen LogP contribution in [0, 0.1) is 23.7 Å². The third-order valence-corrected chi connectivity index (χ3v) is 6.60. The molecule has 1 fully saturated rings. The second-order valence-corrected chi connectivity index (χ2v) is 8.33. The molecule has 0 amide bonds. The van der Waals surface area contributed by atoms with Gasteiger partial charge in [0.1, 0.15) is 0 Å². The van der Waals surface area contributed by atoms with E-state index in [0.717, 1.165) is 17.8 Å². The molecule has 0 radical (unpaired) electrons. The smallest absolute Gasteiger partial charge is 0.0126 e. The summed E-state index contributed by atoms with van der Waals surface area (Å²) in [5.41, 5.74) is 6.11. The van der Waals surface area contributed by atoms with Gasteiger partial charge in [-0.2, -0.15) is 0 Å². The molecular weight excluding hydrogens is 300 g/mol. The van der Waals surface area contributed by atoms with Crippen LogP contribution in [0.25, 0.3) is 0 Å². The van der Waals surface area contributed by atoms with Gasteiger partial charge in [0.15, 0.2) is 0 Å². The molecule has 4 atom stereocenters. The maximum absolute atomic E-state index is 2.67. The number of hydrogen-bond donors (Lipinski definition) is 0. The summed E-state index contributed by atoms with van der Waals surface area (Å²) in [4.78, 5) is 0. The maximum atomic E-state index is 2.67. The van der Waals surface area contributed by atoms with Crippen LogP contribution >= 0.6 is 0 Å². The molecule has 1 saturated carbocycles. The van der Waals surface area contributed by atoms with E-state index in [1.165, 1.54) is 61.7 Å². The molecule has 5 rings (SSSR count). The van der Waals surface area contributed by atoms with Gasteiger partial charge in [-0.05, 0) is 90.9 Å². The van der Waals surface area contributed by atoms with Gasteiger partial charge in [0.05, 0.1) is 0 Å². The normalized spacial score (nSPS) is 36.2. The fourth-order valence-corrected chi connectivity index (χ4v) is 5.12. The zero-order valence-corrected chi connectivity index (χ0v) is 15.0. The van der Waals surface area contributed by atoms with E-state index in [1.807, 2.05) is 0 Å². The van der Waals surface area contributed by atoms with Crippen LogP contribution in [0.3, 0.4) is 0 Å². The van der Waals surface area contributed by atoms with E-state index < -0.39 is 0 Å². The molecule has 0 aliphatic heterocycles. The second kappa shape index (κ2) is 6.48. The van der Waals surface area contributed by atoms with Crippen LogP contribution in [-0.2, 0) is 0 Å². The van der Waals surface area contributed by atoms with Crippen LogP contribution in [0.1, 0.15) is 44.9 Å². The van der Waals surface area contributed by atoms with Crippen molar-refractivity contribution < 1.29 is 0 Å². The molecule has 5 aliphatic rings. The molecular formula is C25H28. The Morgan fingerprint density at radius 3 is 2.16 bits per heavy atom. The lowest BCUT2D eigenvalue weighted by Crippen LogP contribution is -2.18. The second-order valence-electron chi connectivity index (χ2n) is 8.33. The third-order valence-electron chi connectivity index (χ3n) is 6.60. The first-order chi connectivity index (χ1) is 12.4. The predicted octanol–water partition coefficient (Wildman–Crippen LogP) is 6.62. The summed E-state index contributed by atoms with van der Waals surface area (Å²) in [6.45, 7) is 0. The van der Waals surface area contributed by atoms with E-state index in [4.69, 9.17) is 0 Å². The van der Waals surface area contributed by atoms with Crippen molar-refractivity contribution in [1.29, 1.82) is 0 Å². The Kier molecular flexibility index (Phi) is 4.00. The van der Waals surface area contributed by atoms with Gasteiger partial charge in [-0.1, -0.05) is 60.8 Å². The number of fused-ring (bicyclic) bond motifs is 1. The van der Waals surface area contributed by atoms with E-state index >= 15 is 0 Å². The quantitative estimate of drug-likeness (QED) is 0.546. The highest BCUT2D eigenvalue weighted by molar-refractivity contribution is 5.50. The lowest BCUT2D eigenvalue weighted by atomic mass is 9.75. The maximum Gasteiger partial charge on any atom is -0.0126 e. The largest absolute Gasteiger partial charge is 0.0836 e. The summed E-state index contributed by atoms with van der Waals surface area (Å²) in [5.74, 6) is 3.23. The summed E-state index contributed by atoms with van der Waals surface area (Å²) >= 11 is 0. The van der Waals surface area contributed by atoms with E-state index in [2.05, 4.69) is 60.8 Å². The Balaban J connectivity index is 1.41. The SMILES string of the molecule is C1=CC(C2=CC(C3C=C(C4=CCCC=C4)C4CC4C3)CC=C2)=CCC1. The highest BCUT2D eigenvalue weighted by Gasteiger charge is 2.45. The number of allylic oxidation sites excluding steroid dienone is 14. The fraction of sp³-hybridized carbons (Fsp3) is 0.440. The zero-order valence-electron chi connectivity index (χ0n) is 15.0. The Hall–Kier alpha value is -1.82. The molecule has 0 aromatic heterocycles. The standard InChI is InChI=1S/C25H28/c1-3-8-18(9-4-1)20-12-7-13-21(14-20)22-15-23-17-25(23)24(16-22)19-10-5-2-6-11-19/h3,5,7-12,14,16,21-23,25H,1-2,4,6,13,15,17H2. The molecule has 0 spiro atoms. The van der Waals surface area contributed by atoms with Gasteiger partial charge in [0, 0.05) is 0 Å². The molecule has 0 aromatic carbocycles. The highest BCUT2D eigenvalue weighted by Crippen LogP contribution is 2.56. The minimum atomic E-state index is 0.681. The van der Waals surface area contributed by atoms with E-state index in [9.17, 15) is 0 Å². The molecule has 0 nitrogen and oxygen atoms in total. The summed E-state index contributed by atoms with van der Waals surface area (Å²) in [5, 5.41) is 0. The summed E-state index contributed by atoms with van der Waals surface area (Å²) < 4.78 is 0. The van der Waals surface area contributed by atoms with E-state index in [-0.39, 0.29) is 0 Å². The van der Waals surface area contributed by atoms with Crippen LogP contribution in [0.15, 0.2) is 83.1 Å². The molecule has 0 heterocycles. The Morgan fingerprint density at radius 2 is 1.40 bits per heavy atom. The van der Waals surface area contributed by atoms with Gasteiger partial charge in [-0.25, -0.2) is 0 Å². The summed E-state index contributed by atoms with van der Waals surface area (Å²) in [7, 11) is 0. The summed E-state index contributed by atoms with van der Waals surface area (Å²) in [6.07, 6.45) is 33.2. The number of rotatable bonds is 3. The van der Waals surface area contributed by atoms with Gasteiger partial charge in [-0.15, -0.1) is 0 Å². The van der Waals surface area contributed by atoms with E-state index in [0.29, 0.717) is 5.92 Å². The van der Waals surface area contributed by atoms with Crippen LogP contribution in [-0.4, -0.2) is 0 Å². The molecule has 5 aliphatic carbocycles. The first kappa shape index (κ1) is 15.4. The third kappa shape index (κ3) is 3.08. The Labute approximate surface area is 152 Å². The van der Waals surface area contributed by atoms with Crippen LogP contribution in [0.5, 0.6) is 0 Å². The zero-order chi connectivity index (χ0) is 16.6. The van der Waals surface area contributed by atoms with Crippen molar-refractivity contribution in [2.75, 3.05) is 0 Å². The van der Waals surface area contributed by atoms with Crippen molar-refractivity contribution in [3.05, 3.63) is 83.1 Å². The topological polar surface area (TPSA) is 0 Å². The first-order valence-electron chi connectivity index (χ1n) is 10.2. The lowest BCUT2D eigenvalue weighted by molar-refractivity contribution is 0.400. The van der Waals surface area contributed by atoms with E-state index in [1.54, 1.807) is 5.57 Å². The van der Waals surface area contributed by atoms with Gasteiger partial charge in [0.25, 0.3) is 0 Å². The molecule has 4 unspecified atom stereocenters. The Bertz CT molecular complexity index is 762.